The Kier molecular flexibility index (Phi) is 10.9. The molecule has 0 aliphatic carbocycles. The molecular formula is C37H43N3O5S. The molecule has 0 saturated heterocycles. The molecule has 0 unspecified atom stereocenters. The number of benzene rings is 4. The van der Waals surface area contributed by atoms with Crippen LogP contribution in [0.25, 0.3) is 0 Å². The summed E-state index contributed by atoms with van der Waals surface area (Å²) in [6.45, 7) is 8.99. The average molecular weight is 642 g/mol. The van der Waals surface area contributed by atoms with Crippen molar-refractivity contribution in [1.82, 2.24) is 10.2 Å². The second kappa shape index (κ2) is 14.6. The lowest BCUT2D eigenvalue weighted by molar-refractivity contribution is -0.140. The van der Waals surface area contributed by atoms with Gasteiger partial charge in [-0.05, 0) is 75.6 Å². The molecule has 0 spiro atoms. The Balaban J connectivity index is 1.86. The van der Waals surface area contributed by atoms with Crippen molar-refractivity contribution in [3.8, 4) is 5.75 Å². The van der Waals surface area contributed by atoms with Crippen LogP contribution in [0.3, 0.4) is 0 Å². The van der Waals surface area contributed by atoms with Gasteiger partial charge < -0.3 is 15.0 Å². The van der Waals surface area contributed by atoms with Gasteiger partial charge in [0.1, 0.15) is 18.3 Å². The summed E-state index contributed by atoms with van der Waals surface area (Å²) in [4.78, 5) is 30.2. The summed E-state index contributed by atoms with van der Waals surface area (Å²) in [6, 6.07) is 29.5. The SMILES string of the molecule is COc1ccc(C)cc1N(CC(=O)N(Cc1cccc(C)c1)[C@@H](Cc1ccccc1)C(=O)NC(C)(C)C)S(=O)(=O)c1ccccc1. The van der Waals surface area contributed by atoms with Crippen LogP contribution in [0.15, 0.2) is 108 Å². The Morgan fingerprint density at radius 3 is 2.02 bits per heavy atom. The van der Waals surface area contributed by atoms with Gasteiger partial charge in [0.05, 0.1) is 17.7 Å². The number of methoxy groups -OCH3 is 1. The predicted molar refractivity (Wildman–Crippen MR) is 182 cm³/mol. The molecule has 1 atom stereocenters. The van der Waals surface area contributed by atoms with Gasteiger partial charge in [0, 0.05) is 18.5 Å². The molecule has 0 aromatic heterocycles. The van der Waals surface area contributed by atoms with Crippen LogP contribution in [0.1, 0.15) is 43.0 Å². The van der Waals surface area contributed by atoms with Crippen molar-refractivity contribution in [1.29, 1.82) is 0 Å². The number of carbonyl (C=O) groups is 2. The predicted octanol–water partition coefficient (Wildman–Crippen LogP) is 6.06. The summed E-state index contributed by atoms with van der Waals surface area (Å²) in [5, 5.41) is 3.05. The van der Waals surface area contributed by atoms with E-state index in [1.807, 2.05) is 95.3 Å². The second-order valence-corrected chi connectivity index (χ2v) is 14.3. The van der Waals surface area contributed by atoms with Crippen molar-refractivity contribution < 1.29 is 22.7 Å². The summed E-state index contributed by atoms with van der Waals surface area (Å²) in [7, 11) is -2.78. The molecule has 4 aromatic carbocycles. The highest BCUT2D eigenvalue weighted by molar-refractivity contribution is 7.92. The van der Waals surface area contributed by atoms with E-state index in [2.05, 4.69) is 5.32 Å². The number of hydrogen-bond acceptors (Lipinski definition) is 5. The molecule has 0 aliphatic rings. The number of carbonyl (C=O) groups excluding carboxylic acids is 2. The van der Waals surface area contributed by atoms with Gasteiger partial charge >= 0.3 is 0 Å². The maximum Gasteiger partial charge on any atom is 0.264 e. The number of sulfonamides is 1. The van der Waals surface area contributed by atoms with Gasteiger partial charge in [0.25, 0.3) is 10.0 Å². The van der Waals surface area contributed by atoms with Crippen molar-refractivity contribution in [3.63, 3.8) is 0 Å². The van der Waals surface area contributed by atoms with E-state index in [0.29, 0.717) is 5.75 Å². The van der Waals surface area contributed by atoms with Crippen LogP contribution < -0.4 is 14.4 Å². The highest BCUT2D eigenvalue weighted by atomic mass is 32.2. The van der Waals surface area contributed by atoms with Crippen LogP contribution in [-0.4, -0.2) is 50.4 Å². The largest absolute Gasteiger partial charge is 0.495 e. The third-order valence-electron chi connectivity index (χ3n) is 7.42. The lowest BCUT2D eigenvalue weighted by Crippen LogP contribution is -2.56. The van der Waals surface area contributed by atoms with Crippen molar-refractivity contribution >= 4 is 27.5 Å². The highest BCUT2D eigenvalue weighted by Crippen LogP contribution is 2.34. The van der Waals surface area contributed by atoms with E-state index in [1.165, 1.54) is 24.1 Å². The molecule has 9 heteroatoms. The normalized spacial score (nSPS) is 12.2. The van der Waals surface area contributed by atoms with Gasteiger partial charge in [0.15, 0.2) is 0 Å². The topological polar surface area (TPSA) is 96.0 Å². The standard InChI is InChI=1S/C37H43N3O5S/c1-27-14-13-17-30(22-27)25-39(33(36(42)38-37(3,4)5)24-29-15-9-7-10-16-29)35(41)26-40(32-23-28(2)20-21-34(32)45-6)46(43,44)31-18-11-8-12-19-31/h7-23,33H,24-26H2,1-6H3,(H,38,42)/t33-/m0/s1. The first kappa shape index (κ1) is 34.2. The number of hydrogen-bond donors (Lipinski definition) is 1. The molecule has 2 amide bonds. The molecule has 46 heavy (non-hydrogen) atoms. The van der Waals surface area contributed by atoms with Gasteiger partial charge in [0.2, 0.25) is 11.8 Å². The maximum atomic E-state index is 14.7. The Morgan fingerprint density at radius 2 is 1.41 bits per heavy atom. The zero-order valence-electron chi connectivity index (χ0n) is 27.4. The number of anilines is 1. The van der Waals surface area contributed by atoms with E-state index in [0.717, 1.165) is 26.6 Å². The summed E-state index contributed by atoms with van der Waals surface area (Å²) in [5.74, 6) is -0.563. The van der Waals surface area contributed by atoms with E-state index in [4.69, 9.17) is 4.74 Å². The number of amides is 2. The fourth-order valence-corrected chi connectivity index (χ4v) is 6.68. The molecule has 0 fully saturated rings. The van der Waals surface area contributed by atoms with Crippen LogP contribution in [0, 0.1) is 13.8 Å². The Bertz CT molecular complexity index is 1750. The van der Waals surface area contributed by atoms with E-state index >= 15 is 0 Å². The molecule has 242 valence electrons. The van der Waals surface area contributed by atoms with E-state index in [1.54, 1.807) is 30.3 Å². The van der Waals surface area contributed by atoms with Crippen molar-refractivity contribution in [2.75, 3.05) is 18.0 Å². The van der Waals surface area contributed by atoms with E-state index in [9.17, 15) is 18.0 Å². The summed E-state index contributed by atoms with van der Waals surface area (Å²) >= 11 is 0. The first-order chi connectivity index (χ1) is 21.8. The average Bonchev–Trinajstić information content (AvgIpc) is 3.01. The molecule has 4 aromatic rings. The molecule has 8 nitrogen and oxygen atoms in total. The highest BCUT2D eigenvalue weighted by Gasteiger charge is 2.36. The van der Waals surface area contributed by atoms with Crippen LogP contribution in [-0.2, 0) is 32.6 Å². The fourth-order valence-electron chi connectivity index (χ4n) is 5.24. The smallest absolute Gasteiger partial charge is 0.264 e. The van der Waals surface area contributed by atoms with Crippen molar-refractivity contribution in [2.45, 2.75) is 64.1 Å². The molecule has 0 aliphatic heterocycles. The fraction of sp³-hybridized carbons (Fsp3) is 0.297. The molecule has 4 rings (SSSR count). The molecule has 0 saturated carbocycles. The number of nitrogens with one attached hydrogen (secondary N) is 1. The zero-order valence-corrected chi connectivity index (χ0v) is 28.2. The third kappa shape index (κ3) is 8.75. The van der Waals surface area contributed by atoms with Crippen LogP contribution in [0.2, 0.25) is 0 Å². The Labute approximate surface area is 273 Å². The van der Waals surface area contributed by atoms with Gasteiger partial charge in [-0.15, -0.1) is 0 Å². The zero-order chi connectivity index (χ0) is 33.5. The minimum atomic E-state index is -4.24. The van der Waals surface area contributed by atoms with E-state index < -0.39 is 34.1 Å². The van der Waals surface area contributed by atoms with Gasteiger partial charge in [-0.2, -0.15) is 0 Å². The summed E-state index contributed by atoms with van der Waals surface area (Å²) < 4.78 is 35.2. The number of ether oxygens (including phenoxy) is 1. The minimum Gasteiger partial charge on any atom is -0.495 e. The molecular weight excluding hydrogens is 598 g/mol. The second-order valence-electron chi connectivity index (χ2n) is 12.5. The lowest BCUT2D eigenvalue weighted by Gasteiger charge is -2.35. The molecule has 0 bridgehead atoms. The van der Waals surface area contributed by atoms with Crippen LogP contribution in [0.4, 0.5) is 5.69 Å². The number of nitrogens with zero attached hydrogens (tertiary/aromatic N) is 2. The molecule has 0 radical (unpaired) electrons. The summed E-state index contributed by atoms with van der Waals surface area (Å²) in [5.41, 5.74) is 3.14. The van der Waals surface area contributed by atoms with Gasteiger partial charge in [-0.3, -0.25) is 13.9 Å². The van der Waals surface area contributed by atoms with Crippen molar-refractivity contribution in [3.05, 3.63) is 125 Å². The molecule has 1 N–H and O–H groups in total. The first-order valence-electron chi connectivity index (χ1n) is 15.2. The first-order valence-corrected chi connectivity index (χ1v) is 16.7. The minimum absolute atomic E-state index is 0.0305. The number of rotatable bonds is 12. The maximum absolute atomic E-state index is 14.7. The monoisotopic (exact) mass is 641 g/mol. The van der Waals surface area contributed by atoms with Gasteiger partial charge in [-0.1, -0.05) is 84.4 Å². The lowest BCUT2D eigenvalue weighted by atomic mass is 10.0. The Morgan fingerprint density at radius 1 is 0.804 bits per heavy atom. The van der Waals surface area contributed by atoms with Crippen LogP contribution >= 0.6 is 0 Å². The van der Waals surface area contributed by atoms with Crippen LogP contribution in [0.5, 0.6) is 5.75 Å². The molecule has 0 heterocycles. The van der Waals surface area contributed by atoms with E-state index in [-0.39, 0.29) is 29.5 Å². The Hall–Kier alpha value is -4.63. The summed E-state index contributed by atoms with van der Waals surface area (Å²) in [6.07, 6.45) is 0.236. The quantitative estimate of drug-likeness (QED) is 0.203. The van der Waals surface area contributed by atoms with Crippen molar-refractivity contribution in [2.24, 2.45) is 0 Å². The van der Waals surface area contributed by atoms with Gasteiger partial charge in [-0.25, -0.2) is 8.42 Å². The number of aryl methyl sites for hydroxylation is 2. The third-order valence-corrected chi connectivity index (χ3v) is 9.19.